The van der Waals surface area contributed by atoms with Crippen molar-refractivity contribution in [2.24, 2.45) is 0 Å². The highest BCUT2D eigenvalue weighted by molar-refractivity contribution is 6.27. The molecule has 0 heterocycles. The molecule has 5 heteroatoms. The Hall–Kier alpha value is -1.55. The number of alkyl halides is 1. The van der Waals surface area contributed by atoms with E-state index in [1.807, 2.05) is 6.07 Å². The molecule has 16 heavy (non-hydrogen) atoms. The predicted molar refractivity (Wildman–Crippen MR) is 62.1 cm³/mol. The fraction of sp³-hybridized carbons (Fsp3) is 0.273. The summed E-state index contributed by atoms with van der Waals surface area (Å²) in [5.74, 6) is -0.816. The minimum absolute atomic E-state index is 0.166. The number of likely N-dealkylation sites (N-methyl/N-ethyl adjacent to an activating group) is 1. The lowest BCUT2D eigenvalue weighted by molar-refractivity contribution is -0.127. The first-order valence-electron chi connectivity index (χ1n) is 4.81. The van der Waals surface area contributed by atoms with Crippen LogP contribution < -0.4 is 10.6 Å². The van der Waals surface area contributed by atoms with E-state index in [1.165, 1.54) is 7.05 Å². The molecule has 0 spiro atoms. The third-order valence-corrected chi connectivity index (χ3v) is 2.31. The van der Waals surface area contributed by atoms with Crippen LogP contribution in [0.1, 0.15) is 11.6 Å². The maximum absolute atomic E-state index is 11.6. The average molecular weight is 241 g/mol. The third kappa shape index (κ3) is 3.24. The summed E-state index contributed by atoms with van der Waals surface area (Å²) in [6.45, 7) is 0. The van der Waals surface area contributed by atoms with Gasteiger partial charge < -0.3 is 10.6 Å². The van der Waals surface area contributed by atoms with Gasteiger partial charge in [0.15, 0.2) is 0 Å². The molecule has 1 unspecified atom stereocenters. The van der Waals surface area contributed by atoms with Crippen molar-refractivity contribution in [3.05, 3.63) is 35.9 Å². The summed E-state index contributed by atoms with van der Waals surface area (Å²) in [5, 5.41) is 5.05. The first-order chi connectivity index (χ1) is 7.69. The van der Waals surface area contributed by atoms with Crippen molar-refractivity contribution in [2.45, 2.75) is 6.04 Å². The van der Waals surface area contributed by atoms with E-state index in [4.69, 9.17) is 11.6 Å². The summed E-state index contributed by atoms with van der Waals surface area (Å²) >= 11 is 5.39. The van der Waals surface area contributed by atoms with Gasteiger partial charge in [-0.15, -0.1) is 11.6 Å². The van der Waals surface area contributed by atoms with Crippen LogP contribution in [0.15, 0.2) is 30.3 Å². The summed E-state index contributed by atoms with van der Waals surface area (Å²) in [7, 11) is 1.52. The molecule has 0 aliphatic carbocycles. The molecule has 1 rings (SSSR count). The van der Waals surface area contributed by atoms with E-state index in [0.717, 1.165) is 5.56 Å². The van der Waals surface area contributed by atoms with Crippen molar-refractivity contribution < 1.29 is 9.59 Å². The molecule has 1 atom stereocenters. The molecular formula is C11H13ClN2O2. The Morgan fingerprint density at radius 1 is 1.31 bits per heavy atom. The fourth-order valence-corrected chi connectivity index (χ4v) is 1.37. The van der Waals surface area contributed by atoms with Crippen molar-refractivity contribution in [1.29, 1.82) is 0 Å². The van der Waals surface area contributed by atoms with Gasteiger partial charge in [0, 0.05) is 7.05 Å². The fourth-order valence-electron chi connectivity index (χ4n) is 1.29. The average Bonchev–Trinajstić information content (AvgIpc) is 2.35. The second-order valence-electron chi connectivity index (χ2n) is 3.16. The summed E-state index contributed by atoms with van der Waals surface area (Å²) in [4.78, 5) is 22.8. The first kappa shape index (κ1) is 12.5. The van der Waals surface area contributed by atoms with Gasteiger partial charge in [-0.1, -0.05) is 30.3 Å². The quantitative estimate of drug-likeness (QED) is 0.766. The largest absolute Gasteiger partial charge is 0.357 e. The lowest BCUT2D eigenvalue weighted by Gasteiger charge is -2.16. The summed E-state index contributed by atoms with van der Waals surface area (Å²) in [6, 6.07) is 8.30. The zero-order chi connectivity index (χ0) is 12.0. The van der Waals surface area contributed by atoms with Gasteiger partial charge in [-0.2, -0.15) is 0 Å². The topological polar surface area (TPSA) is 58.2 Å². The Balaban J connectivity index is 2.88. The van der Waals surface area contributed by atoms with Gasteiger partial charge in [0.25, 0.3) is 0 Å². The van der Waals surface area contributed by atoms with Crippen LogP contribution in [0.2, 0.25) is 0 Å². The number of rotatable bonds is 4. The monoisotopic (exact) mass is 240 g/mol. The number of benzene rings is 1. The Morgan fingerprint density at radius 3 is 2.44 bits per heavy atom. The number of nitrogens with one attached hydrogen (secondary N) is 2. The molecule has 0 saturated carbocycles. The molecule has 2 amide bonds. The molecule has 4 nitrogen and oxygen atoms in total. The Morgan fingerprint density at radius 2 is 1.94 bits per heavy atom. The standard InChI is InChI=1S/C11H13ClN2O2/c1-13-11(16)10(14-9(15)7-12)8-5-3-2-4-6-8/h2-6,10H,7H2,1H3,(H,13,16)(H,14,15). The highest BCUT2D eigenvalue weighted by atomic mass is 35.5. The molecule has 1 aromatic rings. The number of carbonyl (C=O) groups excluding carboxylic acids is 2. The van der Waals surface area contributed by atoms with Gasteiger partial charge in [0.1, 0.15) is 11.9 Å². The second kappa shape index (κ2) is 6.12. The maximum atomic E-state index is 11.6. The molecule has 86 valence electrons. The normalized spacial score (nSPS) is 11.6. The Kier molecular flexibility index (Phi) is 4.79. The zero-order valence-electron chi connectivity index (χ0n) is 8.87. The minimum atomic E-state index is -0.697. The van der Waals surface area contributed by atoms with E-state index in [2.05, 4.69) is 10.6 Å². The number of hydrogen-bond acceptors (Lipinski definition) is 2. The van der Waals surface area contributed by atoms with Crippen LogP contribution in [0.4, 0.5) is 0 Å². The van der Waals surface area contributed by atoms with Crippen LogP contribution in [0.5, 0.6) is 0 Å². The highest BCUT2D eigenvalue weighted by Crippen LogP contribution is 2.12. The molecule has 1 aromatic carbocycles. The number of carbonyl (C=O) groups is 2. The summed E-state index contributed by atoms with van der Waals surface area (Å²) in [5.41, 5.74) is 0.723. The lowest BCUT2D eigenvalue weighted by Crippen LogP contribution is -2.39. The third-order valence-electron chi connectivity index (χ3n) is 2.07. The molecule has 0 radical (unpaired) electrons. The number of halogens is 1. The number of hydrogen-bond donors (Lipinski definition) is 2. The van der Waals surface area contributed by atoms with Gasteiger partial charge in [0.2, 0.25) is 11.8 Å². The van der Waals surface area contributed by atoms with E-state index < -0.39 is 6.04 Å². The van der Waals surface area contributed by atoms with Gasteiger partial charge >= 0.3 is 0 Å². The van der Waals surface area contributed by atoms with Crippen molar-refractivity contribution in [1.82, 2.24) is 10.6 Å². The predicted octanol–water partition coefficient (Wildman–Crippen LogP) is 0.829. The van der Waals surface area contributed by atoms with E-state index in [1.54, 1.807) is 24.3 Å². The molecule has 0 aromatic heterocycles. The van der Waals surface area contributed by atoms with Gasteiger partial charge in [-0.05, 0) is 5.56 Å². The first-order valence-corrected chi connectivity index (χ1v) is 5.34. The smallest absolute Gasteiger partial charge is 0.246 e. The number of amides is 2. The van der Waals surface area contributed by atoms with Gasteiger partial charge in [-0.25, -0.2) is 0 Å². The Labute approximate surface area is 99.0 Å². The van der Waals surface area contributed by atoms with Crippen LogP contribution in [0, 0.1) is 0 Å². The van der Waals surface area contributed by atoms with Crippen LogP contribution in [0.25, 0.3) is 0 Å². The van der Waals surface area contributed by atoms with Gasteiger partial charge in [-0.3, -0.25) is 9.59 Å². The molecule has 0 aliphatic heterocycles. The summed E-state index contributed by atoms with van der Waals surface area (Å²) in [6.07, 6.45) is 0. The van der Waals surface area contributed by atoms with E-state index in [0.29, 0.717) is 0 Å². The minimum Gasteiger partial charge on any atom is -0.357 e. The van der Waals surface area contributed by atoms with Crippen molar-refractivity contribution in [2.75, 3.05) is 12.9 Å². The zero-order valence-corrected chi connectivity index (χ0v) is 9.62. The van der Waals surface area contributed by atoms with E-state index in [-0.39, 0.29) is 17.7 Å². The molecule has 0 fully saturated rings. The maximum Gasteiger partial charge on any atom is 0.246 e. The van der Waals surface area contributed by atoms with Crippen LogP contribution in [0.3, 0.4) is 0 Å². The van der Waals surface area contributed by atoms with Crippen molar-refractivity contribution in [3.8, 4) is 0 Å². The molecule has 0 aliphatic rings. The SMILES string of the molecule is CNC(=O)C(NC(=O)CCl)c1ccccc1. The van der Waals surface area contributed by atoms with Crippen molar-refractivity contribution in [3.63, 3.8) is 0 Å². The van der Waals surface area contributed by atoms with Gasteiger partial charge in [0.05, 0.1) is 0 Å². The van der Waals surface area contributed by atoms with Crippen molar-refractivity contribution >= 4 is 23.4 Å². The Bertz CT molecular complexity index is 368. The highest BCUT2D eigenvalue weighted by Gasteiger charge is 2.20. The van der Waals surface area contributed by atoms with Crippen LogP contribution in [-0.4, -0.2) is 24.7 Å². The molecule has 0 saturated heterocycles. The second-order valence-corrected chi connectivity index (χ2v) is 3.43. The molecule has 2 N–H and O–H groups in total. The lowest BCUT2D eigenvalue weighted by atomic mass is 10.1. The molecule has 0 bridgehead atoms. The van der Waals surface area contributed by atoms with E-state index >= 15 is 0 Å². The summed E-state index contributed by atoms with van der Waals surface area (Å²) < 4.78 is 0. The van der Waals surface area contributed by atoms with Crippen LogP contribution >= 0.6 is 11.6 Å². The molecular weight excluding hydrogens is 228 g/mol. The van der Waals surface area contributed by atoms with Crippen LogP contribution in [-0.2, 0) is 9.59 Å². The van der Waals surface area contributed by atoms with E-state index in [9.17, 15) is 9.59 Å².